The Morgan fingerprint density at radius 2 is 2.19 bits per heavy atom. The summed E-state index contributed by atoms with van der Waals surface area (Å²) in [5.41, 5.74) is 1.60. The second-order valence-corrected chi connectivity index (χ2v) is 3.16. The van der Waals surface area contributed by atoms with E-state index in [0.717, 1.165) is 23.5 Å². The number of carbonyl (C=O) groups is 2. The lowest BCUT2D eigenvalue weighted by atomic mass is 10.3. The average Bonchev–Trinajstić information content (AvgIpc) is 2.23. The summed E-state index contributed by atoms with van der Waals surface area (Å²) in [6, 6.07) is 5.49. The summed E-state index contributed by atoms with van der Waals surface area (Å²) in [6.45, 7) is 2.14. The topological polar surface area (TPSA) is 79.3 Å². The molecule has 1 heterocycles. The van der Waals surface area contributed by atoms with Crippen LogP contribution in [0.2, 0.25) is 0 Å². The van der Waals surface area contributed by atoms with Crippen LogP contribution in [0.4, 0.5) is 0 Å². The first kappa shape index (κ1) is 11.9. The van der Waals surface area contributed by atoms with E-state index in [-0.39, 0.29) is 6.54 Å². The molecule has 1 aromatic heterocycles. The van der Waals surface area contributed by atoms with Crippen molar-refractivity contribution in [2.24, 2.45) is 0 Å². The minimum Gasteiger partial charge on any atom is -0.478 e. The van der Waals surface area contributed by atoms with Crippen LogP contribution in [0.1, 0.15) is 11.4 Å². The zero-order valence-corrected chi connectivity index (χ0v) is 8.80. The Labute approximate surface area is 92.8 Å². The molecule has 0 saturated carbocycles. The van der Waals surface area contributed by atoms with Crippen molar-refractivity contribution in [1.29, 1.82) is 0 Å². The zero-order valence-electron chi connectivity index (χ0n) is 8.80. The maximum atomic E-state index is 11.1. The van der Waals surface area contributed by atoms with Gasteiger partial charge < -0.3 is 10.4 Å². The normalized spacial score (nSPS) is 10.3. The van der Waals surface area contributed by atoms with Crippen LogP contribution in [0.3, 0.4) is 0 Å². The van der Waals surface area contributed by atoms with Crippen molar-refractivity contribution in [3.8, 4) is 0 Å². The molecule has 1 amide bonds. The molecule has 0 spiro atoms. The van der Waals surface area contributed by atoms with E-state index in [1.165, 1.54) is 0 Å². The van der Waals surface area contributed by atoms with Gasteiger partial charge in [-0.3, -0.25) is 9.78 Å². The fourth-order valence-electron chi connectivity index (χ4n) is 1.08. The highest BCUT2D eigenvalue weighted by atomic mass is 16.4. The Hall–Kier alpha value is -2.17. The minimum atomic E-state index is -1.15. The number of pyridine rings is 1. The van der Waals surface area contributed by atoms with Gasteiger partial charge in [-0.25, -0.2) is 4.79 Å². The maximum absolute atomic E-state index is 11.1. The summed E-state index contributed by atoms with van der Waals surface area (Å²) in [4.78, 5) is 25.4. The summed E-state index contributed by atoms with van der Waals surface area (Å²) >= 11 is 0. The minimum absolute atomic E-state index is 0.282. The summed E-state index contributed by atoms with van der Waals surface area (Å²) in [5.74, 6) is -1.60. The number of nitrogens with one attached hydrogen (secondary N) is 1. The quantitative estimate of drug-likeness (QED) is 0.730. The Kier molecular flexibility index (Phi) is 4.20. The molecule has 0 unspecified atom stereocenters. The Morgan fingerprint density at radius 3 is 2.81 bits per heavy atom. The first-order valence-corrected chi connectivity index (χ1v) is 4.69. The van der Waals surface area contributed by atoms with Crippen molar-refractivity contribution in [2.45, 2.75) is 13.5 Å². The van der Waals surface area contributed by atoms with E-state index in [4.69, 9.17) is 5.11 Å². The van der Waals surface area contributed by atoms with Crippen LogP contribution in [0.25, 0.3) is 0 Å². The van der Waals surface area contributed by atoms with Crippen molar-refractivity contribution < 1.29 is 14.7 Å². The average molecular weight is 220 g/mol. The van der Waals surface area contributed by atoms with Gasteiger partial charge in [-0.2, -0.15) is 0 Å². The van der Waals surface area contributed by atoms with Crippen molar-refractivity contribution >= 4 is 11.9 Å². The molecule has 1 rings (SSSR count). The lowest BCUT2D eigenvalue weighted by molar-refractivity contribution is -0.131. The first-order chi connectivity index (χ1) is 7.58. The summed E-state index contributed by atoms with van der Waals surface area (Å²) in [5, 5.41) is 10.8. The molecule has 16 heavy (non-hydrogen) atoms. The molecule has 0 aliphatic heterocycles. The number of hydrogen-bond donors (Lipinski definition) is 2. The molecule has 5 heteroatoms. The fourth-order valence-corrected chi connectivity index (χ4v) is 1.08. The molecule has 2 N–H and O–H groups in total. The monoisotopic (exact) mass is 220 g/mol. The number of aliphatic carboxylic acids is 1. The number of carboxylic acids is 1. The molecule has 0 aliphatic carbocycles. The number of hydrogen-bond acceptors (Lipinski definition) is 3. The van der Waals surface area contributed by atoms with E-state index < -0.39 is 11.9 Å². The van der Waals surface area contributed by atoms with Gasteiger partial charge in [0.15, 0.2) is 0 Å². The molecule has 0 fully saturated rings. The molecule has 84 valence electrons. The molecule has 0 radical (unpaired) electrons. The summed E-state index contributed by atoms with van der Waals surface area (Å²) in [6.07, 6.45) is 1.76. The van der Waals surface area contributed by atoms with E-state index in [9.17, 15) is 9.59 Å². The number of carboxylic acid groups (broad SMARTS) is 1. The third kappa shape index (κ3) is 4.36. The van der Waals surface area contributed by atoms with Crippen LogP contribution in [0, 0.1) is 6.92 Å². The van der Waals surface area contributed by atoms with Crippen molar-refractivity contribution in [2.75, 3.05) is 0 Å². The van der Waals surface area contributed by atoms with E-state index >= 15 is 0 Å². The second-order valence-electron chi connectivity index (χ2n) is 3.16. The van der Waals surface area contributed by atoms with Crippen LogP contribution in [0.5, 0.6) is 0 Å². The van der Waals surface area contributed by atoms with E-state index in [1.807, 2.05) is 19.1 Å². The molecular formula is C11H12N2O3. The van der Waals surface area contributed by atoms with Gasteiger partial charge in [-0.1, -0.05) is 6.07 Å². The van der Waals surface area contributed by atoms with Gasteiger partial charge in [-0.05, 0) is 19.1 Å². The number of aromatic nitrogens is 1. The highest BCUT2D eigenvalue weighted by molar-refractivity contribution is 5.93. The number of rotatable bonds is 4. The summed E-state index contributed by atoms with van der Waals surface area (Å²) in [7, 11) is 0. The third-order valence-electron chi connectivity index (χ3n) is 1.77. The number of amides is 1. The Balaban J connectivity index is 2.46. The van der Waals surface area contributed by atoms with Gasteiger partial charge in [0.1, 0.15) is 0 Å². The molecule has 0 saturated heterocycles. The SMILES string of the molecule is Cc1cccc(CNC(=O)C=CC(=O)O)n1. The van der Waals surface area contributed by atoms with Crippen LogP contribution in [-0.4, -0.2) is 22.0 Å². The number of aryl methyl sites for hydroxylation is 1. The lowest BCUT2D eigenvalue weighted by Gasteiger charge is -2.02. The van der Waals surface area contributed by atoms with Gasteiger partial charge in [0.25, 0.3) is 0 Å². The third-order valence-corrected chi connectivity index (χ3v) is 1.77. The van der Waals surface area contributed by atoms with Crippen LogP contribution in [-0.2, 0) is 16.1 Å². The molecule has 0 atom stereocenters. The molecule has 0 aromatic carbocycles. The van der Waals surface area contributed by atoms with Gasteiger partial charge in [0.05, 0.1) is 12.2 Å². The van der Waals surface area contributed by atoms with E-state index in [1.54, 1.807) is 6.07 Å². The van der Waals surface area contributed by atoms with Crippen LogP contribution in [0.15, 0.2) is 30.4 Å². The molecule has 0 bridgehead atoms. The maximum Gasteiger partial charge on any atom is 0.328 e. The first-order valence-electron chi connectivity index (χ1n) is 4.69. The standard InChI is InChI=1S/C11H12N2O3/c1-8-3-2-4-9(13-8)7-12-10(14)5-6-11(15)16/h2-6H,7H2,1H3,(H,12,14)(H,15,16). The summed E-state index contributed by atoms with van der Waals surface area (Å²) < 4.78 is 0. The molecular weight excluding hydrogens is 208 g/mol. The van der Waals surface area contributed by atoms with E-state index in [2.05, 4.69) is 10.3 Å². The van der Waals surface area contributed by atoms with Crippen LogP contribution >= 0.6 is 0 Å². The molecule has 0 aliphatic rings. The van der Waals surface area contributed by atoms with Gasteiger partial charge in [-0.15, -0.1) is 0 Å². The van der Waals surface area contributed by atoms with Gasteiger partial charge in [0, 0.05) is 17.8 Å². The van der Waals surface area contributed by atoms with Crippen molar-refractivity contribution in [1.82, 2.24) is 10.3 Å². The van der Waals surface area contributed by atoms with E-state index in [0.29, 0.717) is 0 Å². The lowest BCUT2D eigenvalue weighted by Crippen LogP contribution is -2.21. The zero-order chi connectivity index (χ0) is 12.0. The number of carbonyl (C=O) groups excluding carboxylic acids is 1. The second kappa shape index (κ2) is 5.65. The van der Waals surface area contributed by atoms with Crippen LogP contribution < -0.4 is 5.32 Å². The number of nitrogens with zero attached hydrogens (tertiary/aromatic N) is 1. The smallest absolute Gasteiger partial charge is 0.328 e. The predicted octanol–water partition coefficient (Wildman–Crippen LogP) is 0.647. The van der Waals surface area contributed by atoms with Crippen molar-refractivity contribution in [3.63, 3.8) is 0 Å². The molecule has 5 nitrogen and oxygen atoms in total. The highest BCUT2D eigenvalue weighted by Crippen LogP contribution is 1.97. The fraction of sp³-hybridized carbons (Fsp3) is 0.182. The van der Waals surface area contributed by atoms with Gasteiger partial charge >= 0.3 is 5.97 Å². The predicted molar refractivity (Wildman–Crippen MR) is 57.6 cm³/mol. The highest BCUT2D eigenvalue weighted by Gasteiger charge is 1.98. The largest absolute Gasteiger partial charge is 0.478 e. The van der Waals surface area contributed by atoms with Gasteiger partial charge in [0.2, 0.25) is 5.91 Å². The molecule has 1 aromatic rings. The van der Waals surface area contributed by atoms with Crippen molar-refractivity contribution in [3.05, 3.63) is 41.7 Å². The Bertz CT molecular complexity index is 427. The Morgan fingerprint density at radius 1 is 1.44 bits per heavy atom.